The Morgan fingerprint density at radius 3 is 2.69 bits per heavy atom. The normalized spacial score (nSPS) is 11.7. The van der Waals surface area contributed by atoms with E-state index in [9.17, 15) is 4.79 Å². The average molecular weight is 350 g/mol. The molecule has 0 unspecified atom stereocenters. The van der Waals surface area contributed by atoms with E-state index in [0.717, 1.165) is 45.1 Å². The van der Waals surface area contributed by atoms with Gasteiger partial charge in [0.2, 0.25) is 0 Å². The van der Waals surface area contributed by atoms with Crippen molar-refractivity contribution in [1.82, 2.24) is 19.7 Å². The van der Waals surface area contributed by atoms with E-state index in [0.29, 0.717) is 6.54 Å². The summed E-state index contributed by atoms with van der Waals surface area (Å²) in [5.41, 5.74) is 5.35. The largest absolute Gasteiger partial charge is 0.478 e. The van der Waals surface area contributed by atoms with Crippen LogP contribution in [0.5, 0.6) is 0 Å². The molecule has 6 nitrogen and oxygen atoms in total. The summed E-state index contributed by atoms with van der Waals surface area (Å²) >= 11 is 0. The highest BCUT2D eigenvalue weighted by Gasteiger charge is 2.20. The smallest absolute Gasteiger partial charge is 0.328 e. The number of aliphatic carboxylic acids is 1. The summed E-state index contributed by atoms with van der Waals surface area (Å²) in [6.07, 6.45) is 8.18. The molecule has 0 spiro atoms. The van der Waals surface area contributed by atoms with Crippen molar-refractivity contribution in [1.29, 1.82) is 0 Å². The third-order valence-corrected chi connectivity index (χ3v) is 4.26. The minimum atomic E-state index is -0.989. The second-order valence-electron chi connectivity index (χ2n) is 6.56. The van der Waals surface area contributed by atoms with Crippen LogP contribution in [0.25, 0.3) is 28.2 Å². The van der Waals surface area contributed by atoms with Crippen LogP contribution in [-0.4, -0.2) is 30.8 Å². The molecule has 0 amide bonds. The summed E-state index contributed by atoms with van der Waals surface area (Å²) in [4.78, 5) is 20.3. The molecule has 3 aromatic rings. The third-order valence-electron chi connectivity index (χ3n) is 4.26. The van der Waals surface area contributed by atoms with Crippen LogP contribution >= 0.6 is 0 Å². The molecule has 0 aliphatic rings. The topological polar surface area (TPSA) is 80.9 Å². The lowest BCUT2D eigenvalue weighted by Gasteiger charge is -2.16. The fourth-order valence-electron chi connectivity index (χ4n) is 3.12. The fourth-order valence-corrected chi connectivity index (χ4v) is 3.12. The van der Waals surface area contributed by atoms with Gasteiger partial charge in [-0.2, -0.15) is 5.10 Å². The zero-order valence-corrected chi connectivity index (χ0v) is 15.4. The zero-order valence-electron chi connectivity index (χ0n) is 15.4. The number of carboxylic acids is 1. The molecule has 0 fully saturated rings. The van der Waals surface area contributed by atoms with Gasteiger partial charge in [0.15, 0.2) is 5.65 Å². The van der Waals surface area contributed by atoms with Gasteiger partial charge in [0.05, 0.1) is 11.9 Å². The summed E-state index contributed by atoms with van der Waals surface area (Å²) in [6, 6.07) is 2.05. The predicted molar refractivity (Wildman–Crippen MR) is 102 cm³/mol. The van der Waals surface area contributed by atoms with E-state index in [1.807, 2.05) is 24.6 Å². The second-order valence-corrected chi connectivity index (χ2v) is 6.56. The molecule has 0 bridgehead atoms. The first-order valence-electron chi connectivity index (χ1n) is 8.64. The van der Waals surface area contributed by atoms with Crippen molar-refractivity contribution in [2.45, 2.75) is 40.2 Å². The standard InChI is InChI=1S/C20H22N4O2/c1-5-24-20-16(11-22-24)18(14-8-13(4)9-21-10-14)15(6-7-17(25)26)19(23-20)12(2)3/h6-12H,5H2,1-4H3,(H,25,26)/b7-6+. The summed E-state index contributed by atoms with van der Waals surface area (Å²) in [5, 5.41) is 14.5. The van der Waals surface area contributed by atoms with Gasteiger partial charge in [0.25, 0.3) is 0 Å². The van der Waals surface area contributed by atoms with Crippen LogP contribution in [0.4, 0.5) is 0 Å². The van der Waals surface area contributed by atoms with E-state index in [4.69, 9.17) is 10.1 Å². The van der Waals surface area contributed by atoms with Crippen molar-refractivity contribution in [3.05, 3.63) is 47.6 Å². The molecular weight excluding hydrogens is 328 g/mol. The molecule has 0 atom stereocenters. The minimum Gasteiger partial charge on any atom is -0.478 e. The number of nitrogens with zero attached hydrogens (tertiary/aromatic N) is 4. The first-order valence-corrected chi connectivity index (χ1v) is 8.64. The molecule has 3 aromatic heterocycles. The van der Waals surface area contributed by atoms with Gasteiger partial charge in [-0.1, -0.05) is 13.8 Å². The lowest BCUT2D eigenvalue weighted by Crippen LogP contribution is -2.05. The molecule has 0 saturated heterocycles. The van der Waals surface area contributed by atoms with Gasteiger partial charge < -0.3 is 5.11 Å². The van der Waals surface area contributed by atoms with Gasteiger partial charge in [0, 0.05) is 47.1 Å². The maximum atomic E-state index is 11.1. The molecule has 3 heterocycles. The number of carboxylic acid groups (broad SMARTS) is 1. The quantitative estimate of drug-likeness (QED) is 0.702. The third kappa shape index (κ3) is 3.22. The van der Waals surface area contributed by atoms with Crippen molar-refractivity contribution in [3.8, 4) is 11.1 Å². The Morgan fingerprint density at radius 1 is 1.31 bits per heavy atom. The zero-order chi connectivity index (χ0) is 18.8. The highest BCUT2D eigenvalue weighted by molar-refractivity contribution is 5.99. The molecule has 0 saturated carbocycles. The van der Waals surface area contributed by atoms with E-state index >= 15 is 0 Å². The van der Waals surface area contributed by atoms with Gasteiger partial charge in [-0.15, -0.1) is 0 Å². The Labute approximate surface area is 152 Å². The van der Waals surface area contributed by atoms with E-state index in [1.54, 1.807) is 24.7 Å². The number of carbonyl (C=O) groups is 1. The van der Waals surface area contributed by atoms with Crippen molar-refractivity contribution >= 4 is 23.1 Å². The molecule has 1 N–H and O–H groups in total. The molecule has 0 radical (unpaired) electrons. The lowest BCUT2D eigenvalue weighted by atomic mass is 9.92. The van der Waals surface area contributed by atoms with Crippen LogP contribution in [-0.2, 0) is 11.3 Å². The Balaban J connectivity index is 2.45. The van der Waals surface area contributed by atoms with Crippen LogP contribution in [0.1, 0.15) is 43.5 Å². The molecule has 3 rings (SSSR count). The summed E-state index contributed by atoms with van der Waals surface area (Å²) in [5.74, 6) is -0.859. The van der Waals surface area contributed by atoms with E-state index in [2.05, 4.69) is 23.9 Å². The molecular formula is C20H22N4O2. The second kappa shape index (κ2) is 7.07. The van der Waals surface area contributed by atoms with Crippen molar-refractivity contribution in [2.75, 3.05) is 0 Å². The van der Waals surface area contributed by atoms with Crippen LogP contribution < -0.4 is 0 Å². The number of aryl methyl sites for hydroxylation is 2. The van der Waals surface area contributed by atoms with Crippen molar-refractivity contribution in [3.63, 3.8) is 0 Å². The van der Waals surface area contributed by atoms with Gasteiger partial charge in [-0.25, -0.2) is 14.5 Å². The molecule has 0 aromatic carbocycles. The molecule has 0 aliphatic carbocycles. The Hall–Kier alpha value is -3.02. The molecule has 134 valence electrons. The highest BCUT2D eigenvalue weighted by atomic mass is 16.4. The molecule has 0 aliphatic heterocycles. The lowest BCUT2D eigenvalue weighted by molar-refractivity contribution is -0.131. The van der Waals surface area contributed by atoms with Crippen molar-refractivity contribution < 1.29 is 9.90 Å². The Kier molecular flexibility index (Phi) is 4.84. The first kappa shape index (κ1) is 17.8. The summed E-state index contributed by atoms with van der Waals surface area (Å²) < 4.78 is 1.86. The predicted octanol–water partition coefficient (Wildman–Crippen LogP) is 4.04. The SMILES string of the molecule is CCn1ncc2c(-c3cncc(C)c3)c(/C=C/C(=O)O)c(C(C)C)nc21. The van der Waals surface area contributed by atoms with E-state index in [-0.39, 0.29) is 5.92 Å². The van der Waals surface area contributed by atoms with Crippen LogP contribution in [0.2, 0.25) is 0 Å². The fraction of sp³-hybridized carbons (Fsp3) is 0.300. The monoisotopic (exact) mass is 350 g/mol. The minimum absolute atomic E-state index is 0.129. The van der Waals surface area contributed by atoms with Gasteiger partial charge in [-0.05, 0) is 37.5 Å². The van der Waals surface area contributed by atoms with Gasteiger partial charge in [0.1, 0.15) is 0 Å². The summed E-state index contributed by atoms with van der Waals surface area (Å²) in [7, 11) is 0. The van der Waals surface area contributed by atoms with Crippen LogP contribution in [0.3, 0.4) is 0 Å². The molecule has 6 heteroatoms. The average Bonchev–Trinajstić information content (AvgIpc) is 3.01. The molecule has 26 heavy (non-hydrogen) atoms. The number of hydrogen-bond donors (Lipinski definition) is 1. The van der Waals surface area contributed by atoms with Crippen LogP contribution in [0.15, 0.2) is 30.7 Å². The maximum Gasteiger partial charge on any atom is 0.328 e. The summed E-state index contributed by atoms with van der Waals surface area (Å²) in [6.45, 7) is 8.83. The highest BCUT2D eigenvalue weighted by Crippen LogP contribution is 2.36. The van der Waals surface area contributed by atoms with Gasteiger partial charge in [-0.3, -0.25) is 4.98 Å². The first-order chi connectivity index (χ1) is 12.4. The van der Waals surface area contributed by atoms with E-state index < -0.39 is 5.97 Å². The van der Waals surface area contributed by atoms with Gasteiger partial charge >= 0.3 is 5.97 Å². The maximum absolute atomic E-state index is 11.1. The number of pyridine rings is 2. The number of aromatic nitrogens is 4. The van der Waals surface area contributed by atoms with Crippen LogP contribution in [0, 0.1) is 6.92 Å². The Bertz CT molecular complexity index is 1000. The Morgan fingerprint density at radius 2 is 2.08 bits per heavy atom. The van der Waals surface area contributed by atoms with E-state index in [1.165, 1.54) is 0 Å². The number of hydrogen-bond acceptors (Lipinski definition) is 4. The van der Waals surface area contributed by atoms with Crippen molar-refractivity contribution in [2.24, 2.45) is 0 Å². The number of rotatable bonds is 5. The number of fused-ring (bicyclic) bond motifs is 1.